The van der Waals surface area contributed by atoms with Gasteiger partial charge in [-0.1, -0.05) is 49.1 Å². The third-order valence-corrected chi connectivity index (χ3v) is 4.97. The molecule has 0 aliphatic carbocycles. The molecule has 32 heavy (non-hydrogen) atoms. The number of benzene rings is 3. The minimum atomic E-state index is -0.773. The number of primary amides is 1. The Kier molecular flexibility index (Phi) is 7.50. The standard InChI is InChI=1S/C26H25N3O3/c1-3-15-32-23-14-11-21(16-24(23)31-2)25(26(28)30)29(18-20-7-5-4-6-8-20)22-12-9-19(17-27)10-13-22/h3-14,16,25H,1,15,18H2,2H3,(H2,28,30). The number of ether oxygens (including phenoxy) is 2. The summed E-state index contributed by atoms with van der Waals surface area (Å²) in [6.45, 7) is 4.43. The van der Waals surface area contributed by atoms with E-state index in [9.17, 15) is 4.79 Å². The van der Waals surface area contributed by atoms with E-state index in [1.165, 1.54) is 0 Å². The lowest BCUT2D eigenvalue weighted by Crippen LogP contribution is -2.37. The fourth-order valence-corrected chi connectivity index (χ4v) is 3.46. The fourth-order valence-electron chi connectivity index (χ4n) is 3.46. The Morgan fingerprint density at radius 3 is 2.44 bits per heavy atom. The predicted octanol–water partition coefficient (Wildman–Crippen LogP) is 4.36. The molecule has 0 radical (unpaired) electrons. The number of hydrogen-bond acceptors (Lipinski definition) is 5. The summed E-state index contributed by atoms with van der Waals surface area (Å²) in [5.41, 5.74) is 8.89. The number of carbonyl (C=O) groups is 1. The average molecular weight is 428 g/mol. The predicted molar refractivity (Wildman–Crippen MR) is 124 cm³/mol. The van der Waals surface area contributed by atoms with Gasteiger partial charge < -0.3 is 20.1 Å². The molecule has 0 aliphatic rings. The van der Waals surface area contributed by atoms with Crippen molar-refractivity contribution in [2.45, 2.75) is 12.6 Å². The molecule has 1 unspecified atom stereocenters. The third-order valence-electron chi connectivity index (χ3n) is 4.97. The van der Waals surface area contributed by atoms with Gasteiger partial charge in [0.15, 0.2) is 11.5 Å². The number of rotatable bonds is 10. The van der Waals surface area contributed by atoms with Crippen LogP contribution in [0.15, 0.2) is 85.5 Å². The second kappa shape index (κ2) is 10.7. The average Bonchev–Trinajstić information content (AvgIpc) is 2.83. The number of anilines is 1. The van der Waals surface area contributed by atoms with Crippen LogP contribution in [-0.4, -0.2) is 19.6 Å². The minimum Gasteiger partial charge on any atom is -0.493 e. The largest absolute Gasteiger partial charge is 0.493 e. The number of hydrogen-bond donors (Lipinski definition) is 1. The van der Waals surface area contributed by atoms with Crippen LogP contribution >= 0.6 is 0 Å². The molecule has 162 valence electrons. The van der Waals surface area contributed by atoms with Crippen LogP contribution in [-0.2, 0) is 11.3 Å². The highest BCUT2D eigenvalue weighted by molar-refractivity contribution is 5.85. The molecule has 0 fully saturated rings. The van der Waals surface area contributed by atoms with Gasteiger partial charge in [-0.15, -0.1) is 0 Å². The van der Waals surface area contributed by atoms with E-state index in [1.807, 2.05) is 47.4 Å². The maximum atomic E-state index is 12.7. The van der Waals surface area contributed by atoms with Gasteiger partial charge >= 0.3 is 0 Å². The van der Waals surface area contributed by atoms with Crippen LogP contribution in [0.5, 0.6) is 11.5 Å². The normalized spacial score (nSPS) is 11.1. The lowest BCUT2D eigenvalue weighted by atomic mass is 10.0. The zero-order chi connectivity index (χ0) is 22.9. The van der Waals surface area contributed by atoms with Gasteiger partial charge in [0, 0.05) is 12.2 Å². The number of nitrogens with zero attached hydrogens (tertiary/aromatic N) is 2. The Morgan fingerprint density at radius 2 is 1.84 bits per heavy atom. The molecular formula is C26H25N3O3. The summed E-state index contributed by atoms with van der Waals surface area (Å²) in [4.78, 5) is 14.6. The Labute approximate surface area is 188 Å². The van der Waals surface area contributed by atoms with E-state index in [4.69, 9.17) is 20.5 Å². The van der Waals surface area contributed by atoms with Crippen molar-refractivity contribution in [3.05, 3.63) is 102 Å². The molecule has 0 saturated carbocycles. The Bertz CT molecular complexity index is 1110. The molecule has 1 atom stereocenters. The minimum absolute atomic E-state index is 0.334. The van der Waals surface area contributed by atoms with Crippen molar-refractivity contribution in [3.63, 3.8) is 0 Å². The summed E-state index contributed by atoms with van der Waals surface area (Å²) in [5.74, 6) is 0.537. The first kappa shape index (κ1) is 22.4. The van der Waals surface area contributed by atoms with E-state index in [2.05, 4.69) is 12.6 Å². The van der Waals surface area contributed by atoms with Crippen LogP contribution in [0.3, 0.4) is 0 Å². The van der Waals surface area contributed by atoms with E-state index < -0.39 is 11.9 Å². The summed E-state index contributed by atoms with van der Waals surface area (Å²) in [6.07, 6.45) is 1.64. The molecule has 6 nitrogen and oxygen atoms in total. The Morgan fingerprint density at radius 1 is 1.12 bits per heavy atom. The third kappa shape index (κ3) is 5.27. The van der Waals surface area contributed by atoms with Gasteiger partial charge in [-0.3, -0.25) is 4.79 Å². The first-order valence-corrected chi connectivity index (χ1v) is 10.1. The highest BCUT2D eigenvalue weighted by Gasteiger charge is 2.27. The van der Waals surface area contributed by atoms with Gasteiger partial charge in [-0.2, -0.15) is 5.26 Å². The number of nitrogens with two attached hydrogens (primary N) is 1. The maximum Gasteiger partial charge on any atom is 0.244 e. The maximum absolute atomic E-state index is 12.7. The molecule has 3 aromatic rings. The number of carbonyl (C=O) groups excluding carboxylic acids is 1. The van der Waals surface area contributed by atoms with Gasteiger partial charge in [0.1, 0.15) is 12.6 Å². The highest BCUT2D eigenvalue weighted by atomic mass is 16.5. The van der Waals surface area contributed by atoms with Gasteiger partial charge in [-0.25, -0.2) is 0 Å². The molecule has 3 aromatic carbocycles. The van der Waals surface area contributed by atoms with Crippen molar-refractivity contribution in [1.82, 2.24) is 0 Å². The quantitative estimate of drug-likeness (QED) is 0.486. The van der Waals surface area contributed by atoms with Crippen LogP contribution in [0.25, 0.3) is 0 Å². The summed E-state index contributed by atoms with van der Waals surface area (Å²) in [6, 6.07) is 23.5. The molecule has 0 heterocycles. The van der Waals surface area contributed by atoms with Crippen molar-refractivity contribution in [2.75, 3.05) is 18.6 Å². The lowest BCUT2D eigenvalue weighted by molar-refractivity contribution is -0.119. The first-order chi connectivity index (χ1) is 15.6. The van der Waals surface area contributed by atoms with Gasteiger partial charge in [0.2, 0.25) is 5.91 Å². The van der Waals surface area contributed by atoms with Crippen molar-refractivity contribution in [2.24, 2.45) is 5.73 Å². The molecule has 2 N–H and O–H groups in total. The van der Waals surface area contributed by atoms with Crippen molar-refractivity contribution in [1.29, 1.82) is 5.26 Å². The van der Waals surface area contributed by atoms with Crippen LogP contribution in [0.1, 0.15) is 22.7 Å². The van der Waals surface area contributed by atoms with Gasteiger partial charge in [-0.05, 0) is 47.5 Å². The number of methoxy groups -OCH3 is 1. The topological polar surface area (TPSA) is 88.6 Å². The van der Waals surface area contributed by atoms with Crippen molar-refractivity contribution >= 4 is 11.6 Å². The molecule has 1 amide bonds. The summed E-state index contributed by atoms with van der Waals surface area (Å²) in [5, 5.41) is 9.15. The number of nitriles is 1. The zero-order valence-electron chi connectivity index (χ0n) is 17.9. The Balaban J connectivity index is 2.07. The van der Waals surface area contributed by atoms with Crippen molar-refractivity contribution in [3.8, 4) is 17.6 Å². The lowest BCUT2D eigenvalue weighted by Gasteiger charge is -2.32. The summed E-state index contributed by atoms with van der Waals surface area (Å²) in [7, 11) is 1.54. The SMILES string of the molecule is C=CCOc1ccc(C(C(N)=O)N(Cc2ccccc2)c2ccc(C#N)cc2)cc1OC. The highest BCUT2D eigenvalue weighted by Crippen LogP contribution is 2.35. The Hall–Kier alpha value is -4.24. The molecule has 0 spiro atoms. The van der Waals surface area contributed by atoms with Crippen LogP contribution < -0.4 is 20.1 Å². The summed E-state index contributed by atoms with van der Waals surface area (Å²) >= 11 is 0. The van der Waals surface area contributed by atoms with Gasteiger partial charge in [0.25, 0.3) is 0 Å². The molecule has 0 saturated heterocycles. The van der Waals surface area contributed by atoms with Gasteiger partial charge in [0.05, 0.1) is 18.7 Å². The van der Waals surface area contributed by atoms with Crippen LogP contribution in [0, 0.1) is 11.3 Å². The smallest absolute Gasteiger partial charge is 0.244 e. The zero-order valence-corrected chi connectivity index (χ0v) is 17.9. The first-order valence-electron chi connectivity index (χ1n) is 10.1. The molecule has 0 bridgehead atoms. The van der Waals surface area contributed by atoms with E-state index in [0.717, 1.165) is 11.3 Å². The second-order valence-electron chi connectivity index (χ2n) is 7.09. The fraction of sp³-hybridized carbons (Fsp3) is 0.154. The monoisotopic (exact) mass is 427 g/mol. The molecule has 6 heteroatoms. The second-order valence-corrected chi connectivity index (χ2v) is 7.09. The van der Waals surface area contributed by atoms with E-state index >= 15 is 0 Å². The molecular weight excluding hydrogens is 402 g/mol. The van der Waals surface area contributed by atoms with Crippen LogP contribution in [0.2, 0.25) is 0 Å². The van der Waals surface area contributed by atoms with Crippen LogP contribution in [0.4, 0.5) is 5.69 Å². The van der Waals surface area contributed by atoms with E-state index in [-0.39, 0.29) is 0 Å². The molecule has 0 aliphatic heterocycles. The van der Waals surface area contributed by atoms with E-state index in [0.29, 0.717) is 35.8 Å². The molecule has 0 aromatic heterocycles. The number of amides is 1. The summed E-state index contributed by atoms with van der Waals surface area (Å²) < 4.78 is 11.1. The van der Waals surface area contributed by atoms with E-state index in [1.54, 1.807) is 43.5 Å². The molecule has 3 rings (SSSR count). The van der Waals surface area contributed by atoms with Crippen molar-refractivity contribution < 1.29 is 14.3 Å².